The summed E-state index contributed by atoms with van der Waals surface area (Å²) in [5.41, 5.74) is 1.82. The molecule has 10 nitrogen and oxygen atoms in total. The molecular weight excluding hydrogens is 462 g/mol. The normalized spacial score (nSPS) is 20.9. The van der Waals surface area contributed by atoms with E-state index in [0.29, 0.717) is 47.2 Å². The van der Waals surface area contributed by atoms with Crippen molar-refractivity contribution in [1.82, 2.24) is 15.0 Å². The van der Waals surface area contributed by atoms with Crippen LogP contribution in [0, 0.1) is 25.7 Å². The number of fused-ring (bicyclic) bond motifs is 1. The van der Waals surface area contributed by atoms with Gasteiger partial charge in [0, 0.05) is 25.6 Å². The highest BCUT2D eigenvalue weighted by molar-refractivity contribution is 6.04. The number of amides is 3. The maximum atomic E-state index is 13.6. The highest BCUT2D eigenvalue weighted by atomic mass is 16.5. The molecule has 0 unspecified atom stereocenters. The number of hydrogen-bond donors (Lipinski definition) is 3. The van der Waals surface area contributed by atoms with Crippen LogP contribution >= 0.6 is 0 Å². The van der Waals surface area contributed by atoms with Crippen molar-refractivity contribution in [3.8, 4) is 5.75 Å². The molecule has 0 spiro atoms. The average molecular weight is 500 g/mol. The molecule has 3 atom stereocenters. The highest BCUT2D eigenvalue weighted by Crippen LogP contribution is 2.36. The predicted molar refractivity (Wildman–Crippen MR) is 136 cm³/mol. The van der Waals surface area contributed by atoms with Crippen molar-refractivity contribution in [3.05, 3.63) is 35.2 Å². The molecule has 1 aliphatic heterocycles. The third kappa shape index (κ3) is 5.82. The van der Waals surface area contributed by atoms with Crippen LogP contribution in [0.15, 0.2) is 22.7 Å². The van der Waals surface area contributed by atoms with Gasteiger partial charge in [0.05, 0.1) is 23.9 Å². The fraction of sp³-hybridized carbons (Fsp3) is 0.577. The van der Waals surface area contributed by atoms with Crippen molar-refractivity contribution in [3.63, 3.8) is 0 Å². The molecule has 2 aromatic rings. The molecule has 1 saturated carbocycles. The fourth-order valence-corrected chi connectivity index (χ4v) is 4.61. The molecule has 2 aliphatic rings. The molecule has 196 valence electrons. The molecule has 0 radical (unpaired) electrons. The summed E-state index contributed by atoms with van der Waals surface area (Å²) in [6.07, 6.45) is 2.31. The first-order valence-electron chi connectivity index (χ1n) is 12.6. The number of nitrogens with one attached hydrogen (secondary N) is 2. The van der Waals surface area contributed by atoms with Gasteiger partial charge < -0.3 is 34.8 Å². The molecule has 1 aliphatic carbocycles. The number of aromatic nitrogens is 1. The van der Waals surface area contributed by atoms with E-state index in [0.717, 1.165) is 12.5 Å². The zero-order valence-electron chi connectivity index (χ0n) is 21.7. The van der Waals surface area contributed by atoms with Crippen LogP contribution in [0.3, 0.4) is 0 Å². The monoisotopic (exact) mass is 499 g/mol. The number of aliphatic hydroxyl groups excluding tert-OH is 1. The summed E-state index contributed by atoms with van der Waals surface area (Å²) in [6, 6.07) is 4.29. The Kier molecular flexibility index (Phi) is 7.85. The molecule has 36 heavy (non-hydrogen) atoms. The first-order chi connectivity index (χ1) is 17.2. The highest BCUT2D eigenvalue weighted by Gasteiger charge is 2.35. The Balaban J connectivity index is 1.64. The third-order valence-electron chi connectivity index (χ3n) is 6.97. The SMILES string of the molecule is Cc1noc(C)c1NC(=O)Nc1cccc2c1O[C@H](CN(C)CC1CC1)[C@@H](C)CN([C@@H](C)CO)C2=O. The number of ether oxygens (including phenoxy) is 1. The van der Waals surface area contributed by atoms with Crippen LogP contribution < -0.4 is 15.4 Å². The summed E-state index contributed by atoms with van der Waals surface area (Å²) in [5, 5.41) is 19.3. The number of rotatable bonds is 8. The lowest BCUT2D eigenvalue weighted by Crippen LogP contribution is -2.50. The van der Waals surface area contributed by atoms with E-state index < -0.39 is 6.03 Å². The Labute approximate surface area is 211 Å². The Bertz CT molecular complexity index is 1080. The van der Waals surface area contributed by atoms with Gasteiger partial charge >= 0.3 is 6.03 Å². The van der Waals surface area contributed by atoms with E-state index in [-0.39, 0.29) is 30.6 Å². The number of carbonyl (C=O) groups is 2. The Morgan fingerprint density at radius 3 is 2.67 bits per heavy atom. The number of urea groups is 1. The minimum absolute atomic E-state index is 0.00180. The molecule has 1 aromatic carbocycles. The summed E-state index contributed by atoms with van der Waals surface area (Å²) in [5.74, 6) is 1.34. The molecule has 1 aromatic heterocycles. The van der Waals surface area contributed by atoms with Gasteiger partial charge in [0.1, 0.15) is 17.5 Å². The standard InChI is InChI=1S/C26H37N5O5/c1-15-11-31(16(2)14-32)25(33)20-7-6-8-21(27-26(34)28-23-17(3)29-36-18(23)4)24(20)35-22(15)13-30(5)12-19-9-10-19/h6-8,15-16,19,22,32H,9-14H2,1-5H3,(H2,27,28,34)/t15-,16-,22+/m0/s1. The molecule has 4 rings (SSSR count). The topological polar surface area (TPSA) is 120 Å². The quantitative estimate of drug-likeness (QED) is 0.508. The van der Waals surface area contributed by atoms with Gasteiger partial charge in [0.25, 0.3) is 5.91 Å². The van der Waals surface area contributed by atoms with Gasteiger partial charge in [0.15, 0.2) is 11.5 Å². The van der Waals surface area contributed by atoms with Crippen LogP contribution in [0.5, 0.6) is 5.75 Å². The summed E-state index contributed by atoms with van der Waals surface area (Å²) >= 11 is 0. The second-order valence-electron chi connectivity index (χ2n) is 10.2. The Hall–Kier alpha value is -3.11. The summed E-state index contributed by atoms with van der Waals surface area (Å²) < 4.78 is 11.7. The number of benzene rings is 1. The van der Waals surface area contributed by atoms with E-state index >= 15 is 0 Å². The van der Waals surface area contributed by atoms with E-state index in [1.807, 2.05) is 6.92 Å². The third-order valence-corrected chi connectivity index (χ3v) is 6.97. The van der Waals surface area contributed by atoms with E-state index in [4.69, 9.17) is 9.26 Å². The van der Waals surface area contributed by atoms with Gasteiger partial charge in [-0.05, 0) is 58.7 Å². The minimum Gasteiger partial charge on any atom is -0.486 e. The van der Waals surface area contributed by atoms with Crippen molar-refractivity contribution in [1.29, 1.82) is 0 Å². The van der Waals surface area contributed by atoms with Gasteiger partial charge in [-0.3, -0.25) is 4.79 Å². The van der Waals surface area contributed by atoms with E-state index in [2.05, 4.69) is 34.7 Å². The molecule has 0 saturated heterocycles. The molecule has 3 amide bonds. The number of hydrogen-bond acceptors (Lipinski definition) is 7. The molecule has 10 heteroatoms. The van der Waals surface area contributed by atoms with Crippen molar-refractivity contribution < 1.29 is 24.0 Å². The van der Waals surface area contributed by atoms with Gasteiger partial charge in [-0.25, -0.2) is 4.79 Å². The number of aryl methyl sites for hydroxylation is 2. The number of anilines is 2. The Morgan fingerprint density at radius 2 is 2.03 bits per heavy atom. The maximum Gasteiger partial charge on any atom is 0.323 e. The number of likely N-dealkylation sites (N-methyl/N-ethyl adjacent to an activating group) is 1. The second kappa shape index (κ2) is 10.9. The second-order valence-corrected chi connectivity index (χ2v) is 10.2. The van der Waals surface area contributed by atoms with E-state index in [1.165, 1.54) is 12.8 Å². The lowest BCUT2D eigenvalue weighted by atomic mass is 9.99. The molecule has 0 bridgehead atoms. The average Bonchev–Trinajstić information content (AvgIpc) is 3.60. The number of para-hydroxylation sites is 1. The van der Waals surface area contributed by atoms with Gasteiger partial charge in [-0.1, -0.05) is 18.1 Å². The van der Waals surface area contributed by atoms with Crippen molar-refractivity contribution >= 4 is 23.3 Å². The number of nitrogens with zero attached hydrogens (tertiary/aromatic N) is 3. The van der Waals surface area contributed by atoms with Crippen LogP contribution in [0.4, 0.5) is 16.2 Å². The lowest BCUT2D eigenvalue weighted by molar-refractivity contribution is 0.0346. The van der Waals surface area contributed by atoms with Gasteiger partial charge in [0.2, 0.25) is 0 Å². The predicted octanol–water partition coefficient (Wildman–Crippen LogP) is 3.50. The zero-order chi connectivity index (χ0) is 26.0. The minimum atomic E-state index is -0.494. The van der Waals surface area contributed by atoms with Crippen molar-refractivity contribution in [2.75, 3.05) is 43.9 Å². The van der Waals surface area contributed by atoms with E-state index in [1.54, 1.807) is 36.9 Å². The Morgan fingerprint density at radius 1 is 1.28 bits per heavy atom. The van der Waals surface area contributed by atoms with Crippen molar-refractivity contribution in [2.45, 2.75) is 52.7 Å². The van der Waals surface area contributed by atoms with Crippen LogP contribution in [-0.4, -0.2) is 77.4 Å². The van der Waals surface area contributed by atoms with Crippen LogP contribution in [-0.2, 0) is 0 Å². The first kappa shape index (κ1) is 26.0. The molecule has 2 heterocycles. The summed E-state index contributed by atoms with van der Waals surface area (Å²) in [6.45, 7) is 9.38. The molecule has 1 fully saturated rings. The maximum absolute atomic E-state index is 13.6. The lowest BCUT2D eigenvalue weighted by Gasteiger charge is -2.38. The molecular formula is C26H37N5O5. The largest absolute Gasteiger partial charge is 0.486 e. The summed E-state index contributed by atoms with van der Waals surface area (Å²) in [4.78, 5) is 30.5. The summed E-state index contributed by atoms with van der Waals surface area (Å²) in [7, 11) is 2.09. The fourth-order valence-electron chi connectivity index (χ4n) is 4.61. The van der Waals surface area contributed by atoms with Crippen LogP contribution in [0.2, 0.25) is 0 Å². The van der Waals surface area contributed by atoms with Gasteiger partial charge in [-0.2, -0.15) is 0 Å². The van der Waals surface area contributed by atoms with E-state index in [9.17, 15) is 14.7 Å². The molecule has 3 N–H and O–H groups in total. The zero-order valence-corrected chi connectivity index (χ0v) is 21.7. The van der Waals surface area contributed by atoms with Crippen LogP contribution in [0.25, 0.3) is 0 Å². The number of carbonyl (C=O) groups excluding carboxylic acids is 2. The van der Waals surface area contributed by atoms with Gasteiger partial charge in [-0.15, -0.1) is 0 Å². The van der Waals surface area contributed by atoms with Crippen molar-refractivity contribution in [2.24, 2.45) is 11.8 Å². The first-order valence-corrected chi connectivity index (χ1v) is 12.6. The number of aliphatic hydroxyl groups is 1. The van der Waals surface area contributed by atoms with Crippen LogP contribution in [0.1, 0.15) is 48.5 Å². The smallest absolute Gasteiger partial charge is 0.323 e.